The molecule has 14 heavy (non-hydrogen) atoms. The molecule has 0 spiro atoms. The van der Waals surface area contributed by atoms with Crippen LogP contribution in [0.1, 0.15) is 26.2 Å². The van der Waals surface area contributed by atoms with Crippen molar-refractivity contribution in [1.82, 2.24) is 10.2 Å². The van der Waals surface area contributed by atoms with Gasteiger partial charge >= 0.3 is 0 Å². The van der Waals surface area contributed by atoms with Gasteiger partial charge in [-0.1, -0.05) is 6.92 Å². The highest BCUT2D eigenvalue weighted by Crippen LogP contribution is 2.25. The second-order valence-electron chi connectivity index (χ2n) is 4.96. The molecule has 3 nitrogen and oxygen atoms in total. The number of aliphatic hydroxyl groups is 1. The highest BCUT2D eigenvalue weighted by atomic mass is 16.3. The van der Waals surface area contributed by atoms with E-state index in [2.05, 4.69) is 17.1 Å². The summed E-state index contributed by atoms with van der Waals surface area (Å²) in [5, 5.41) is 13.3. The molecule has 1 unspecified atom stereocenters. The lowest BCUT2D eigenvalue weighted by Crippen LogP contribution is -2.62. The molecule has 2 aliphatic rings. The summed E-state index contributed by atoms with van der Waals surface area (Å²) >= 11 is 0. The number of hydrogen-bond acceptors (Lipinski definition) is 3. The lowest BCUT2D eigenvalue weighted by atomic mass is 9.89. The van der Waals surface area contributed by atoms with Crippen molar-refractivity contribution in [3.05, 3.63) is 0 Å². The van der Waals surface area contributed by atoms with E-state index < -0.39 is 0 Å². The number of hydrogen-bond donors (Lipinski definition) is 2. The van der Waals surface area contributed by atoms with E-state index in [0.29, 0.717) is 0 Å². The first-order valence-corrected chi connectivity index (χ1v) is 5.87. The molecule has 3 heteroatoms. The van der Waals surface area contributed by atoms with Crippen LogP contribution in [0.2, 0.25) is 0 Å². The first kappa shape index (κ1) is 10.4. The van der Waals surface area contributed by atoms with Crippen LogP contribution >= 0.6 is 0 Å². The molecule has 2 N–H and O–H groups in total. The Hall–Kier alpha value is -0.120. The van der Waals surface area contributed by atoms with Crippen molar-refractivity contribution in [3.63, 3.8) is 0 Å². The van der Waals surface area contributed by atoms with E-state index in [1.807, 2.05) is 0 Å². The Morgan fingerprint density at radius 1 is 1.50 bits per heavy atom. The minimum atomic E-state index is -0.359. The van der Waals surface area contributed by atoms with E-state index in [0.717, 1.165) is 25.4 Å². The van der Waals surface area contributed by atoms with Gasteiger partial charge < -0.3 is 10.4 Å². The van der Waals surface area contributed by atoms with Crippen LogP contribution in [0.25, 0.3) is 0 Å². The van der Waals surface area contributed by atoms with Crippen LogP contribution in [-0.2, 0) is 0 Å². The zero-order valence-electron chi connectivity index (χ0n) is 9.13. The number of rotatable bonds is 3. The Morgan fingerprint density at radius 2 is 2.29 bits per heavy atom. The van der Waals surface area contributed by atoms with Gasteiger partial charge in [0.1, 0.15) is 0 Å². The quantitative estimate of drug-likeness (QED) is 0.691. The average molecular weight is 198 g/mol. The minimum absolute atomic E-state index is 0.359. The van der Waals surface area contributed by atoms with Crippen LogP contribution < -0.4 is 5.32 Å². The van der Waals surface area contributed by atoms with E-state index in [9.17, 15) is 5.11 Å². The number of nitrogens with one attached hydrogen (secondary N) is 1. The maximum absolute atomic E-state index is 9.86. The van der Waals surface area contributed by atoms with Crippen molar-refractivity contribution in [2.24, 2.45) is 5.92 Å². The van der Waals surface area contributed by atoms with Gasteiger partial charge in [0.15, 0.2) is 0 Å². The SMILES string of the molecule is CCC1(O)CN(CC2CCCNC2)C1. The summed E-state index contributed by atoms with van der Waals surface area (Å²) in [5.41, 5.74) is -0.359. The van der Waals surface area contributed by atoms with Crippen LogP contribution in [0.5, 0.6) is 0 Å². The summed E-state index contributed by atoms with van der Waals surface area (Å²) in [4.78, 5) is 2.39. The highest BCUT2D eigenvalue weighted by molar-refractivity contribution is 4.95. The normalized spacial score (nSPS) is 32.6. The summed E-state index contributed by atoms with van der Waals surface area (Å²) in [7, 11) is 0. The lowest BCUT2D eigenvalue weighted by Gasteiger charge is -2.47. The molecule has 0 aliphatic carbocycles. The number of likely N-dealkylation sites (tertiary alicyclic amines) is 1. The van der Waals surface area contributed by atoms with E-state index >= 15 is 0 Å². The Kier molecular flexibility index (Phi) is 3.10. The molecule has 1 atom stereocenters. The van der Waals surface area contributed by atoms with Gasteiger partial charge in [-0.15, -0.1) is 0 Å². The minimum Gasteiger partial charge on any atom is -0.387 e. The summed E-state index contributed by atoms with van der Waals surface area (Å²) in [6, 6.07) is 0. The summed E-state index contributed by atoms with van der Waals surface area (Å²) < 4.78 is 0. The predicted molar refractivity (Wildman–Crippen MR) is 57.3 cm³/mol. The van der Waals surface area contributed by atoms with Gasteiger partial charge in [0.05, 0.1) is 5.60 Å². The topological polar surface area (TPSA) is 35.5 Å². The molecule has 2 fully saturated rings. The standard InChI is InChI=1S/C11H22N2O/c1-2-11(14)8-13(9-11)7-10-4-3-5-12-6-10/h10,12,14H,2-9H2,1H3. The molecular weight excluding hydrogens is 176 g/mol. The highest BCUT2D eigenvalue weighted by Gasteiger charge is 2.39. The zero-order chi connectivity index (χ0) is 10.0. The van der Waals surface area contributed by atoms with E-state index in [-0.39, 0.29) is 5.60 Å². The molecule has 0 saturated carbocycles. The van der Waals surface area contributed by atoms with Crippen LogP contribution in [0, 0.1) is 5.92 Å². The summed E-state index contributed by atoms with van der Waals surface area (Å²) in [6.45, 7) is 7.38. The Morgan fingerprint density at radius 3 is 2.86 bits per heavy atom. The first-order chi connectivity index (χ1) is 6.72. The third kappa shape index (κ3) is 2.27. The lowest BCUT2D eigenvalue weighted by molar-refractivity contribution is -0.105. The fourth-order valence-corrected chi connectivity index (χ4v) is 2.58. The molecule has 2 heterocycles. The summed E-state index contributed by atoms with van der Waals surface area (Å²) in [5.74, 6) is 0.810. The molecule has 2 aliphatic heterocycles. The molecule has 82 valence electrons. The van der Waals surface area contributed by atoms with E-state index in [1.165, 1.54) is 32.5 Å². The van der Waals surface area contributed by atoms with E-state index in [1.54, 1.807) is 0 Å². The number of piperidine rings is 1. The van der Waals surface area contributed by atoms with Gasteiger partial charge in [0, 0.05) is 19.6 Å². The Labute approximate surface area is 86.5 Å². The summed E-state index contributed by atoms with van der Waals surface area (Å²) in [6.07, 6.45) is 3.57. The molecule has 0 amide bonds. The van der Waals surface area contributed by atoms with Gasteiger partial charge in [-0.2, -0.15) is 0 Å². The fraction of sp³-hybridized carbons (Fsp3) is 1.00. The molecular formula is C11H22N2O. The van der Waals surface area contributed by atoms with Gasteiger partial charge in [-0.05, 0) is 38.3 Å². The molecule has 2 saturated heterocycles. The third-order valence-electron chi connectivity index (χ3n) is 3.61. The van der Waals surface area contributed by atoms with Crippen LogP contribution in [0.3, 0.4) is 0 Å². The smallest absolute Gasteiger partial charge is 0.0897 e. The van der Waals surface area contributed by atoms with E-state index in [4.69, 9.17) is 0 Å². The Bertz CT molecular complexity index is 184. The van der Waals surface area contributed by atoms with Crippen molar-refractivity contribution in [2.75, 3.05) is 32.7 Å². The van der Waals surface area contributed by atoms with Crippen molar-refractivity contribution in [1.29, 1.82) is 0 Å². The molecule has 0 aromatic carbocycles. The second-order valence-corrected chi connectivity index (χ2v) is 4.96. The van der Waals surface area contributed by atoms with Crippen LogP contribution in [-0.4, -0.2) is 48.3 Å². The molecule has 0 bridgehead atoms. The van der Waals surface area contributed by atoms with Crippen molar-refractivity contribution in [3.8, 4) is 0 Å². The van der Waals surface area contributed by atoms with Gasteiger partial charge in [-0.3, -0.25) is 4.90 Å². The monoisotopic (exact) mass is 198 g/mol. The first-order valence-electron chi connectivity index (χ1n) is 5.87. The fourth-order valence-electron chi connectivity index (χ4n) is 2.58. The number of nitrogens with zero attached hydrogens (tertiary/aromatic N) is 1. The zero-order valence-corrected chi connectivity index (χ0v) is 9.13. The maximum atomic E-state index is 9.86. The third-order valence-corrected chi connectivity index (χ3v) is 3.61. The number of β-amino-alcohol motifs (C(OH)–C–C–N with tert-alkyl or cyclic N) is 1. The largest absolute Gasteiger partial charge is 0.387 e. The van der Waals surface area contributed by atoms with Crippen LogP contribution in [0.4, 0.5) is 0 Å². The van der Waals surface area contributed by atoms with Gasteiger partial charge in [-0.25, -0.2) is 0 Å². The molecule has 2 rings (SSSR count). The molecule has 0 aromatic rings. The maximum Gasteiger partial charge on any atom is 0.0897 e. The second kappa shape index (κ2) is 4.17. The van der Waals surface area contributed by atoms with Crippen molar-refractivity contribution in [2.45, 2.75) is 31.8 Å². The van der Waals surface area contributed by atoms with Crippen molar-refractivity contribution < 1.29 is 5.11 Å². The van der Waals surface area contributed by atoms with Gasteiger partial charge in [0.25, 0.3) is 0 Å². The predicted octanol–water partition coefficient (Wildman–Crippen LogP) is 0.443. The molecule has 0 radical (unpaired) electrons. The van der Waals surface area contributed by atoms with Crippen LogP contribution in [0.15, 0.2) is 0 Å². The Balaban J connectivity index is 1.68. The average Bonchev–Trinajstić information content (AvgIpc) is 2.17. The van der Waals surface area contributed by atoms with Crippen molar-refractivity contribution >= 4 is 0 Å². The molecule has 0 aromatic heterocycles. The van der Waals surface area contributed by atoms with Gasteiger partial charge in [0.2, 0.25) is 0 Å².